The third kappa shape index (κ3) is 4.63. The Labute approximate surface area is 298 Å². The molecule has 1 unspecified atom stereocenters. The maximum absolute atomic E-state index is 6.64. The second kappa shape index (κ2) is 11.5. The lowest BCUT2D eigenvalue weighted by Crippen LogP contribution is -2.30. The van der Waals surface area contributed by atoms with Crippen molar-refractivity contribution in [3.8, 4) is 22.3 Å². The van der Waals surface area contributed by atoms with E-state index in [1.807, 2.05) is 0 Å². The van der Waals surface area contributed by atoms with Gasteiger partial charge >= 0.3 is 0 Å². The van der Waals surface area contributed by atoms with Gasteiger partial charge < -0.3 is 9.32 Å². The van der Waals surface area contributed by atoms with Gasteiger partial charge in [-0.1, -0.05) is 153 Å². The van der Waals surface area contributed by atoms with Gasteiger partial charge in [0.2, 0.25) is 0 Å². The summed E-state index contributed by atoms with van der Waals surface area (Å²) in [4.78, 5) is 2.53. The highest BCUT2D eigenvalue weighted by atomic mass is 16.3. The first-order valence-electron chi connectivity index (χ1n) is 18.0. The van der Waals surface area contributed by atoms with Crippen molar-refractivity contribution in [2.75, 3.05) is 4.90 Å². The first-order chi connectivity index (χ1) is 25.1. The summed E-state index contributed by atoms with van der Waals surface area (Å²) in [7, 11) is 0. The van der Waals surface area contributed by atoms with E-state index in [4.69, 9.17) is 4.42 Å². The number of anilines is 2. The molecule has 0 fully saturated rings. The van der Waals surface area contributed by atoms with Crippen LogP contribution in [0.15, 0.2) is 174 Å². The van der Waals surface area contributed by atoms with Crippen LogP contribution in [0, 0.1) is 0 Å². The lowest BCUT2D eigenvalue weighted by atomic mass is 9.79. The minimum Gasteiger partial charge on any atom is -0.455 e. The predicted molar refractivity (Wildman–Crippen MR) is 215 cm³/mol. The maximum atomic E-state index is 6.64. The zero-order valence-electron chi connectivity index (χ0n) is 28.8. The number of furan rings is 1. The first kappa shape index (κ1) is 29.8. The van der Waals surface area contributed by atoms with Crippen LogP contribution in [0.4, 0.5) is 11.4 Å². The van der Waals surface area contributed by atoms with Crippen LogP contribution in [-0.2, 0) is 5.41 Å². The smallest absolute Gasteiger partial charge is 0.143 e. The first-order valence-corrected chi connectivity index (χ1v) is 18.0. The molecule has 0 N–H and O–H groups in total. The summed E-state index contributed by atoms with van der Waals surface area (Å²) in [5, 5.41) is 4.83. The highest BCUT2D eigenvalue weighted by Gasteiger charge is 2.40. The lowest BCUT2D eigenvalue weighted by Gasteiger charge is -2.34. The Morgan fingerprint density at radius 2 is 1.24 bits per heavy atom. The van der Waals surface area contributed by atoms with Gasteiger partial charge in [-0.05, 0) is 86.7 Å². The van der Waals surface area contributed by atoms with E-state index in [9.17, 15) is 0 Å². The molecule has 1 atom stereocenters. The van der Waals surface area contributed by atoms with Crippen LogP contribution in [-0.4, -0.2) is 6.04 Å². The second-order valence-electron chi connectivity index (χ2n) is 14.4. The fourth-order valence-electron chi connectivity index (χ4n) is 8.74. The Hall–Kier alpha value is -6.12. The molecule has 0 amide bonds. The minimum absolute atomic E-state index is 0.156. The predicted octanol–water partition coefficient (Wildman–Crippen LogP) is 13.3. The summed E-state index contributed by atoms with van der Waals surface area (Å²) < 4.78 is 6.64. The molecule has 0 saturated heterocycles. The maximum Gasteiger partial charge on any atom is 0.143 e. The highest BCUT2D eigenvalue weighted by Crippen LogP contribution is 2.57. The normalized spacial score (nSPS) is 16.0. The standard InChI is InChI=1S/C49H37NO/c1-49(2)43-30-29-38(31-42(43)45-39-17-9-10-18-40(39)48-46(47(45)49)41-19-11-12-20-44(41)51-48)50(36-25-21-34(22-26-36)32-13-5-3-6-14-32)37-27-23-35(24-28-37)33-15-7-4-8-16-33/h3-27,29-31,37H,28H2,1-2H3. The van der Waals surface area contributed by atoms with Gasteiger partial charge in [0.25, 0.3) is 0 Å². The minimum atomic E-state index is -0.210. The molecule has 2 aliphatic carbocycles. The van der Waals surface area contributed by atoms with E-state index >= 15 is 0 Å². The largest absolute Gasteiger partial charge is 0.455 e. The zero-order chi connectivity index (χ0) is 34.1. The van der Waals surface area contributed by atoms with Crippen LogP contribution in [0.25, 0.3) is 60.5 Å². The number of fused-ring (bicyclic) bond motifs is 10. The summed E-state index contributed by atoms with van der Waals surface area (Å²) in [6, 6.07) is 55.1. The van der Waals surface area contributed by atoms with Crippen LogP contribution in [0.2, 0.25) is 0 Å². The molecule has 10 rings (SSSR count). The van der Waals surface area contributed by atoms with E-state index in [1.54, 1.807) is 0 Å². The van der Waals surface area contributed by atoms with Gasteiger partial charge in [-0.25, -0.2) is 0 Å². The molecule has 0 radical (unpaired) electrons. The Kier molecular flexibility index (Phi) is 6.69. The number of hydrogen-bond acceptors (Lipinski definition) is 2. The van der Waals surface area contributed by atoms with Gasteiger partial charge in [0.15, 0.2) is 0 Å². The van der Waals surface area contributed by atoms with Gasteiger partial charge in [-0.3, -0.25) is 0 Å². The van der Waals surface area contributed by atoms with Gasteiger partial charge in [0.1, 0.15) is 11.2 Å². The SMILES string of the molecule is CC1(C)c2ccc(N(c3ccc(-c4ccccc4)cc3)C3C=CC(c4ccccc4)=CC3)cc2-c2c1c1c3ccccc3oc1c1ccccc21. The number of allylic oxidation sites excluding steroid dienone is 2. The summed E-state index contributed by atoms with van der Waals surface area (Å²) in [5.41, 5.74) is 14.4. The molecular formula is C49H37NO. The molecule has 51 heavy (non-hydrogen) atoms. The topological polar surface area (TPSA) is 16.4 Å². The van der Waals surface area contributed by atoms with Crippen molar-refractivity contribution in [2.24, 2.45) is 0 Å². The molecule has 0 aliphatic heterocycles. The average molecular weight is 656 g/mol. The third-order valence-corrected chi connectivity index (χ3v) is 11.2. The Bertz CT molecular complexity index is 2680. The molecule has 0 bridgehead atoms. The van der Waals surface area contributed by atoms with E-state index in [0.29, 0.717) is 0 Å². The van der Waals surface area contributed by atoms with Crippen molar-refractivity contribution < 1.29 is 4.42 Å². The van der Waals surface area contributed by atoms with Crippen molar-refractivity contribution in [3.05, 3.63) is 187 Å². The van der Waals surface area contributed by atoms with E-state index in [-0.39, 0.29) is 11.5 Å². The van der Waals surface area contributed by atoms with Gasteiger partial charge in [-0.15, -0.1) is 0 Å². The molecule has 0 saturated carbocycles. The summed E-state index contributed by atoms with van der Waals surface area (Å²) in [6.07, 6.45) is 7.99. The Morgan fingerprint density at radius 1 is 0.608 bits per heavy atom. The molecule has 2 heteroatoms. The monoisotopic (exact) mass is 655 g/mol. The number of para-hydroxylation sites is 1. The molecule has 2 aliphatic rings. The van der Waals surface area contributed by atoms with Crippen LogP contribution < -0.4 is 4.90 Å². The van der Waals surface area contributed by atoms with Gasteiger partial charge in [0.05, 0.1) is 6.04 Å². The number of nitrogens with zero attached hydrogens (tertiary/aromatic N) is 1. The number of benzene rings is 7. The Morgan fingerprint density at radius 3 is 1.96 bits per heavy atom. The van der Waals surface area contributed by atoms with Crippen LogP contribution >= 0.6 is 0 Å². The highest BCUT2D eigenvalue weighted by molar-refractivity contribution is 6.23. The molecule has 1 aromatic heterocycles. The van der Waals surface area contributed by atoms with Crippen LogP contribution in [0.5, 0.6) is 0 Å². The van der Waals surface area contributed by atoms with Crippen LogP contribution in [0.3, 0.4) is 0 Å². The molecule has 1 heterocycles. The van der Waals surface area contributed by atoms with Crippen molar-refractivity contribution in [2.45, 2.75) is 31.7 Å². The number of rotatable bonds is 5. The summed E-state index contributed by atoms with van der Waals surface area (Å²) >= 11 is 0. The second-order valence-corrected chi connectivity index (χ2v) is 14.4. The quantitative estimate of drug-likeness (QED) is 0.183. The van der Waals surface area contributed by atoms with Gasteiger partial charge in [0, 0.05) is 32.9 Å². The van der Waals surface area contributed by atoms with E-state index in [2.05, 4.69) is 189 Å². The van der Waals surface area contributed by atoms with Crippen LogP contribution in [0.1, 0.15) is 37.0 Å². The van der Waals surface area contributed by atoms with Gasteiger partial charge in [-0.2, -0.15) is 0 Å². The van der Waals surface area contributed by atoms with Crippen molar-refractivity contribution in [1.29, 1.82) is 0 Å². The lowest BCUT2D eigenvalue weighted by molar-refractivity contribution is 0.659. The summed E-state index contributed by atoms with van der Waals surface area (Å²) in [5.74, 6) is 0. The molecule has 2 nitrogen and oxygen atoms in total. The van der Waals surface area contributed by atoms with Crippen molar-refractivity contribution in [3.63, 3.8) is 0 Å². The third-order valence-electron chi connectivity index (χ3n) is 11.2. The molecule has 244 valence electrons. The molecular weight excluding hydrogens is 619 g/mol. The summed E-state index contributed by atoms with van der Waals surface area (Å²) in [6.45, 7) is 4.76. The average Bonchev–Trinajstić information content (AvgIpc) is 3.68. The Balaban J connectivity index is 1.16. The molecule has 0 spiro atoms. The molecule has 7 aromatic carbocycles. The fraction of sp³-hybridized carbons (Fsp3) is 0.102. The fourth-order valence-corrected chi connectivity index (χ4v) is 8.74. The van der Waals surface area contributed by atoms with E-state index in [1.165, 1.54) is 77.4 Å². The molecule has 8 aromatic rings. The van der Waals surface area contributed by atoms with Crippen molar-refractivity contribution >= 4 is 49.7 Å². The van der Waals surface area contributed by atoms with Crippen molar-refractivity contribution in [1.82, 2.24) is 0 Å². The van der Waals surface area contributed by atoms with E-state index in [0.717, 1.165) is 17.6 Å². The zero-order valence-corrected chi connectivity index (χ0v) is 28.8. The van der Waals surface area contributed by atoms with E-state index < -0.39 is 0 Å². The number of hydrogen-bond donors (Lipinski definition) is 0.